The molecule has 1 heteroatoms. The number of hydrogen-bond donors (Lipinski definition) is 0. The molecule has 1 aromatic rings. The fraction of sp³-hybridized carbons (Fsp3) is 0.200. The number of aryl methyl sites for hydroxylation is 2. The predicted octanol–water partition coefficient (Wildman–Crippen LogP) is 4.07. The van der Waals surface area contributed by atoms with E-state index in [9.17, 15) is 0 Å². The first-order chi connectivity index (χ1) is 7.70. The number of hydrogen-bond acceptors (Lipinski definition) is 1. The van der Waals surface area contributed by atoms with Crippen LogP contribution in [0.4, 0.5) is 0 Å². The molecule has 0 spiro atoms. The van der Waals surface area contributed by atoms with Crippen molar-refractivity contribution in [1.82, 2.24) is 0 Å². The Labute approximate surface area is 97.8 Å². The summed E-state index contributed by atoms with van der Waals surface area (Å²) in [7, 11) is 0. The van der Waals surface area contributed by atoms with Crippen LogP contribution in [0, 0.1) is 13.8 Å². The lowest BCUT2D eigenvalue weighted by molar-refractivity contribution is 0.359. The summed E-state index contributed by atoms with van der Waals surface area (Å²) in [5.41, 5.74) is 3.45. The summed E-state index contributed by atoms with van der Waals surface area (Å²) in [4.78, 5) is 0. The summed E-state index contributed by atoms with van der Waals surface area (Å²) in [6, 6.07) is 4.16. The second-order valence-electron chi connectivity index (χ2n) is 3.64. The van der Waals surface area contributed by atoms with E-state index in [4.69, 9.17) is 4.74 Å². The maximum atomic E-state index is 5.69. The van der Waals surface area contributed by atoms with Crippen LogP contribution in [-0.2, 0) is 0 Å². The van der Waals surface area contributed by atoms with Crippen molar-refractivity contribution in [2.45, 2.75) is 13.8 Å². The van der Waals surface area contributed by atoms with Gasteiger partial charge >= 0.3 is 0 Å². The highest BCUT2D eigenvalue weighted by atomic mass is 16.5. The zero-order valence-corrected chi connectivity index (χ0v) is 9.99. The largest absolute Gasteiger partial charge is 0.489 e. The molecule has 0 saturated heterocycles. The molecule has 84 valence electrons. The summed E-state index contributed by atoms with van der Waals surface area (Å²) in [6.07, 6.45) is 7.46. The van der Waals surface area contributed by atoms with Gasteiger partial charge in [0.2, 0.25) is 0 Å². The van der Waals surface area contributed by atoms with Gasteiger partial charge in [-0.3, -0.25) is 0 Å². The molecule has 0 aliphatic heterocycles. The molecule has 0 aromatic heterocycles. The molecular formula is C15H18O. The first kappa shape index (κ1) is 12.3. The van der Waals surface area contributed by atoms with Crippen LogP contribution >= 0.6 is 0 Å². The Bertz CT molecular complexity index is 414. The minimum absolute atomic E-state index is 0.527. The molecule has 1 nitrogen and oxygen atoms in total. The first-order valence-corrected chi connectivity index (χ1v) is 5.33. The van der Waals surface area contributed by atoms with Gasteiger partial charge in [-0.25, -0.2) is 0 Å². The average molecular weight is 214 g/mol. The van der Waals surface area contributed by atoms with Gasteiger partial charge in [0.25, 0.3) is 0 Å². The van der Waals surface area contributed by atoms with Crippen LogP contribution in [-0.4, -0.2) is 6.61 Å². The van der Waals surface area contributed by atoms with Crippen molar-refractivity contribution in [3.63, 3.8) is 0 Å². The number of rotatable bonds is 5. The third kappa shape index (κ3) is 2.86. The third-order valence-corrected chi connectivity index (χ3v) is 2.36. The van der Waals surface area contributed by atoms with Crippen molar-refractivity contribution in [3.8, 4) is 5.75 Å². The molecule has 16 heavy (non-hydrogen) atoms. The highest BCUT2D eigenvalue weighted by molar-refractivity contribution is 5.64. The van der Waals surface area contributed by atoms with Crippen molar-refractivity contribution < 1.29 is 4.74 Å². The molecule has 1 rings (SSSR count). The van der Waals surface area contributed by atoms with E-state index < -0.39 is 0 Å². The Morgan fingerprint density at radius 1 is 1.19 bits per heavy atom. The lowest BCUT2D eigenvalue weighted by Crippen LogP contribution is -1.99. The van der Waals surface area contributed by atoms with Crippen molar-refractivity contribution in [2.24, 2.45) is 0 Å². The highest BCUT2D eigenvalue weighted by Gasteiger charge is 2.06. The molecule has 0 saturated carbocycles. The molecule has 0 N–H and O–H groups in total. The quantitative estimate of drug-likeness (QED) is 0.530. The maximum Gasteiger partial charge on any atom is 0.130 e. The van der Waals surface area contributed by atoms with Crippen LogP contribution in [0.15, 0.2) is 43.5 Å². The summed E-state index contributed by atoms with van der Waals surface area (Å²) >= 11 is 0. The van der Waals surface area contributed by atoms with Crippen molar-refractivity contribution in [2.75, 3.05) is 6.61 Å². The molecule has 0 radical (unpaired) electrons. The minimum atomic E-state index is 0.527. The van der Waals surface area contributed by atoms with Crippen LogP contribution in [0.1, 0.15) is 16.7 Å². The van der Waals surface area contributed by atoms with Gasteiger partial charge in [-0.1, -0.05) is 49.6 Å². The van der Waals surface area contributed by atoms with E-state index in [1.165, 1.54) is 5.56 Å². The molecule has 0 aliphatic carbocycles. The van der Waals surface area contributed by atoms with Gasteiger partial charge < -0.3 is 4.74 Å². The van der Waals surface area contributed by atoms with Crippen LogP contribution in [0.3, 0.4) is 0 Å². The Morgan fingerprint density at radius 2 is 1.88 bits per heavy atom. The zero-order chi connectivity index (χ0) is 12.0. The predicted molar refractivity (Wildman–Crippen MR) is 70.8 cm³/mol. The Hall–Kier alpha value is -1.76. The topological polar surface area (TPSA) is 9.23 Å². The maximum absolute atomic E-state index is 5.69. The molecule has 0 fully saturated rings. The van der Waals surface area contributed by atoms with Gasteiger partial charge in [0, 0.05) is 5.56 Å². The van der Waals surface area contributed by atoms with Gasteiger partial charge in [-0.15, -0.1) is 0 Å². The van der Waals surface area contributed by atoms with Crippen LogP contribution in [0.2, 0.25) is 0 Å². The second-order valence-corrected chi connectivity index (χ2v) is 3.64. The van der Waals surface area contributed by atoms with E-state index in [-0.39, 0.29) is 0 Å². The SMILES string of the molecule is C=C/C=C\c1c(C)ccc(C)c1OCC=C. The van der Waals surface area contributed by atoms with E-state index >= 15 is 0 Å². The molecule has 0 bridgehead atoms. The Kier molecular flexibility index (Phi) is 4.59. The highest BCUT2D eigenvalue weighted by Crippen LogP contribution is 2.28. The molecule has 0 amide bonds. The second kappa shape index (κ2) is 5.96. The van der Waals surface area contributed by atoms with E-state index in [1.807, 2.05) is 19.1 Å². The lowest BCUT2D eigenvalue weighted by Gasteiger charge is -2.13. The number of allylic oxidation sites excluding steroid dienone is 2. The fourth-order valence-corrected chi connectivity index (χ4v) is 1.51. The van der Waals surface area contributed by atoms with Gasteiger partial charge in [-0.2, -0.15) is 0 Å². The van der Waals surface area contributed by atoms with E-state index in [0.29, 0.717) is 6.61 Å². The summed E-state index contributed by atoms with van der Waals surface area (Å²) in [5.74, 6) is 0.929. The summed E-state index contributed by atoms with van der Waals surface area (Å²) in [6.45, 7) is 12.0. The smallest absolute Gasteiger partial charge is 0.130 e. The summed E-state index contributed by atoms with van der Waals surface area (Å²) < 4.78 is 5.69. The van der Waals surface area contributed by atoms with Crippen molar-refractivity contribution in [1.29, 1.82) is 0 Å². The Balaban J connectivity index is 3.18. The number of benzene rings is 1. The first-order valence-electron chi connectivity index (χ1n) is 5.33. The van der Waals surface area contributed by atoms with Crippen LogP contribution in [0.5, 0.6) is 5.75 Å². The molecule has 0 unspecified atom stereocenters. The van der Waals surface area contributed by atoms with Crippen LogP contribution in [0.25, 0.3) is 6.08 Å². The fourth-order valence-electron chi connectivity index (χ4n) is 1.51. The standard InChI is InChI=1S/C15H18O/c1-5-7-8-14-12(3)9-10-13(4)15(14)16-11-6-2/h5-10H,1-2,11H2,3-4H3/b8-7-. The molecule has 0 heterocycles. The van der Waals surface area contributed by atoms with E-state index in [2.05, 4.69) is 32.2 Å². The zero-order valence-electron chi connectivity index (χ0n) is 9.99. The van der Waals surface area contributed by atoms with Crippen molar-refractivity contribution in [3.05, 3.63) is 60.2 Å². The molecular weight excluding hydrogens is 196 g/mol. The monoisotopic (exact) mass is 214 g/mol. The van der Waals surface area contributed by atoms with Gasteiger partial charge in [0.05, 0.1) is 0 Å². The van der Waals surface area contributed by atoms with Gasteiger partial charge in [0.15, 0.2) is 0 Å². The average Bonchev–Trinajstić information content (AvgIpc) is 2.29. The van der Waals surface area contributed by atoms with Gasteiger partial charge in [0.1, 0.15) is 12.4 Å². The normalized spacial score (nSPS) is 10.4. The third-order valence-electron chi connectivity index (χ3n) is 2.36. The lowest BCUT2D eigenvalue weighted by atomic mass is 10.0. The molecule has 0 atom stereocenters. The number of ether oxygens (including phenoxy) is 1. The minimum Gasteiger partial charge on any atom is -0.489 e. The van der Waals surface area contributed by atoms with E-state index in [0.717, 1.165) is 16.9 Å². The molecule has 1 aromatic carbocycles. The Morgan fingerprint density at radius 3 is 2.50 bits per heavy atom. The van der Waals surface area contributed by atoms with Crippen molar-refractivity contribution >= 4 is 6.08 Å². The van der Waals surface area contributed by atoms with E-state index in [1.54, 1.807) is 12.2 Å². The van der Waals surface area contributed by atoms with Crippen LogP contribution < -0.4 is 4.74 Å². The van der Waals surface area contributed by atoms with Gasteiger partial charge in [-0.05, 0) is 25.0 Å². The summed E-state index contributed by atoms with van der Waals surface area (Å²) in [5, 5.41) is 0. The molecule has 0 aliphatic rings.